The second kappa shape index (κ2) is 4.69. The minimum atomic E-state index is 0.310. The van der Waals surface area contributed by atoms with Crippen LogP contribution in [0.4, 0.5) is 0 Å². The van der Waals surface area contributed by atoms with Crippen LogP contribution in [0, 0.1) is 0 Å². The van der Waals surface area contributed by atoms with E-state index in [4.69, 9.17) is 4.99 Å². The maximum absolute atomic E-state index is 4.79. The normalized spacial score (nSPS) is 22.6. The highest BCUT2D eigenvalue weighted by Gasteiger charge is 2.22. The number of fused-ring (bicyclic) bond motifs is 1. The first kappa shape index (κ1) is 11.1. The SMILES string of the molecule is Brc1cccc2c1CCCC2N=C1NCCN1. The van der Waals surface area contributed by atoms with Crippen LogP contribution in [0.1, 0.15) is 30.0 Å². The van der Waals surface area contributed by atoms with Gasteiger partial charge in [0.15, 0.2) is 5.96 Å². The molecule has 0 spiro atoms. The van der Waals surface area contributed by atoms with Crippen molar-refractivity contribution in [1.82, 2.24) is 10.6 Å². The third-order valence-electron chi connectivity index (χ3n) is 3.41. The summed E-state index contributed by atoms with van der Waals surface area (Å²) in [6, 6.07) is 6.75. The topological polar surface area (TPSA) is 36.4 Å². The standard InChI is InChI=1S/C13H16BrN3/c14-11-5-1-4-10-9(11)3-2-6-12(10)17-13-15-7-8-16-13/h1,4-5,12H,2-3,6-8H2,(H2,15,16,17). The van der Waals surface area contributed by atoms with Gasteiger partial charge in [-0.25, -0.2) is 4.99 Å². The molecule has 1 aliphatic carbocycles. The summed E-state index contributed by atoms with van der Waals surface area (Å²) in [7, 11) is 0. The van der Waals surface area contributed by atoms with Crippen molar-refractivity contribution < 1.29 is 0 Å². The summed E-state index contributed by atoms with van der Waals surface area (Å²) in [5.74, 6) is 0.961. The van der Waals surface area contributed by atoms with Crippen molar-refractivity contribution in [3.63, 3.8) is 0 Å². The Morgan fingerprint density at radius 3 is 2.88 bits per heavy atom. The van der Waals surface area contributed by atoms with Crippen molar-refractivity contribution in [3.8, 4) is 0 Å². The van der Waals surface area contributed by atoms with Crippen LogP contribution in [-0.4, -0.2) is 19.0 Å². The Hall–Kier alpha value is -1.03. The smallest absolute Gasteiger partial charge is 0.192 e. The first-order chi connectivity index (χ1) is 8.34. The van der Waals surface area contributed by atoms with E-state index in [9.17, 15) is 0 Å². The molecular formula is C13H16BrN3. The fourth-order valence-corrected chi connectivity index (χ4v) is 3.16. The molecule has 1 aromatic rings. The van der Waals surface area contributed by atoms with Crippen LogP contribution in [0.15, 0.2) is 27.7 Å². The number of halogens is 1. The van der Waals surface area contributed by atoms with Crippen molar-refractivity contribution in [3.05, 3.63) is 33.8 Å². The molecule has 0 radical (unpaired) electrons. The van der Waals surface area contributed by atoms with Gasteiger partial charge in [-0.1, -0.05) is 28.1 Å². The summed E-state index contributed by atoms with van der Waals surface area (Å²) in [6.45, 7) is 1.97. The van der Waals surface area contributed by atoms with Gasteiger partial charge in [-0.05, 0) is 36.5 Å². The predicted octanol–water partition coefficient (Wildman–Crippen LogP) is 2.38. The zero-order valence-electron chi connectivity index (χ0n) is 9.67. The zero-order valence-corrected chi connectivity index (χ0v) is 11.3. The maximum atomic E-state index is 4.79. The van der Waals surface area contributed by atoms with Crippen LogP contribution in [0.2, 0.25) is 0 Å². The third-order valence-corrected chi connectivity index (χ3v) is 4.16. The Morgan fingerprint density at radius 2 is 2.06 bits per heavy atom. The van der Waals surface area contributed by atoms with Gasteiger partial charge < -0.3 is 10.6 Å². The van der Waals surface area contributed by atoms with Crippen LogP contribution in [0.3, 0.4) is 0 Å². The van der Waals surface area contributed by atoms with Gasteiger partial charge in [0.05, 0.1) is 6.04 Å². The molecule has 1 aliphatic heterocycles. The lowest BCUT2D eigenvalue weighted by atomic mass is 9.88. The van der Waals surface area contributed by atoms with Gasteiger partial charge in [-0.3, -0.25) is 0 Å². The van der Waals surface area contributed by atoms with E-state index in [1.807, 2.05) is 0 Å². The van der Waals surface area contributed by atoms with E-state index < -0.39 is 0 Å². The summed E-state index contributed by atoms with van der Waals surface area (Å²) in [5, 5.41) is 6.55. The first-order valence-electron chi connectivity index (χ1n) is 6.17. The molecule has 17 heavy (non-hydrogen) atoms. The molecule has 1 heterocycles. The molecule has 0 bridgehead atoms. The highest BCUT2D eigenvalue weighted by atomic mass is 79.9. The molecule has 1 unspecified atom stereocenters. The number of nitrogens with one attached hydrogen (secondary N) is 2. The van der Waals surface area contributed by atoms with E-state index in [0.717, 1.165) is 25.5 Å². The number of nitrogens with zero attached hydrogens (tertiary/aromatic N) is 1. The summed E-state index contributed by atoms with van der Waals surface area (Å²) in [6.07, 6.45) is 3.53. The molecule has 1 aromatic carbocycles. The monoisotopic (exact) mass is 293 g/mol. The zero-order chi connectivity index (χ0) is 11.7. The first-order valence-corrected chi connectivity index (χ1v) is 6.97. The fourth-order valence-electron chi connectivity index (χ4n) is 2.58. The molecule has 0 aromatic heterocycles. The van der Waals surface area contributed by atoms with Crippen molar-refractivity contribution in [2.75, 3.05) is 13.1 Å². The lowest BCUT2D eigenvalue weighted by Crippen LogP contribution is -2.25. The van der Waals surface area contributed by atoms with Crippen molar-refractivity contribution in [1.29, 1.82) is 0 Å². The number of benzene rings is 1. The molecule has 1 fully saturated rings. The third kappa shape index (κ3) is 2.18. The minimum absolute atomic E-state index is 0.310. The van der Waals surface area contributed by atoms with E-state index in [2.05, 4.69) is 44.8 Å². The molecule has 0 saturated carbocycles. The van der Waals surface area contributed by atoms with Crippen LogP contribution in [0.5, 0.6) is 0 Å². The maximum Gasteiger partial charge on any atom is 0.192 e. The Morgan fingerprint density at radius 1 is 1.24 bits per heavy atom. The van der Waals surface area contributed by atoms with Gasteiger partial charge in [0, 0.05) is 17.6 Å². The molecule has 2 N–H and O–H groups in total. The summed E-state index contributed by atoms with van der Waals surface area (Å²) < 4.78 is 1.23. The van der Waals surface area contributed by atoms with Crippen molar-refractivity contribution in [2.45, 2.75) is 25.3 Å². The van der Waals surface area contributed by atoms with Crippen LogP contribution < -0.4 is 10.6 Å². The Kier molecular flexibility index (Phi) is 3.05. The number of hydrogen-bond acceptors (Lipinski definition) is 1. The van der Waals surface area contributed by atoms with Crippen LogP contribution >= 0.6 is 15.9 Å². The highest BCUT2D eigenvalue weighted by molar-refractivity contribution is 9.10. The second-order valence-electron chi connectivity index (χ2n) is 4.55. The average molecular weight is 294 g/mol. The van der Waals surface area contributed by atoms with E-state index in [1.54, 1.807) is 0 Å². The Labute approximate surface area is 110 Å². The molecule has 2 aliphatic rings. The molecule has 1 saturated heterocycles. The molecule has 0 amide bonds. The number of aliphatic imine (C=N–C) groups is 1. The highest BCUT2D eigenvalue weighted by Crippen LogP contribution is 2.36. The predicted molar refractivity (Wildman–Crippen MR) is 73.3 cm³/mol. The minimum Gasteiger partial charge on any atom is -0.355 e. The number of hydrogen-bond donors (Lipinski definition) is 2. The summed E-state index contributed by atoms with van der Waals surface area (Å²) in [5.41, 5.74) is 2.82. The van der Waals surface area contributed by atoms with Crippen LogP contribution in [-0.2, 0) is 6.42 Å². The molecule has 4 heteroatoms. The summed E-state index contributed by atoms with van der Waals surface area (Å²) in [4.78, 5) is 4.79. The quantitative estimate of drug-likeness (QED) is 0.834. The van der Waals surface area contributed by atoms with Gasteiger partial charge in [-0.2, -0.15) is 0 Å². The van der Waals surface area contributed by atoms with E-state index in [0.29, 0.717) is 6.04 Å². The molecule has 1 atom stereocenters. The van der Waals surface area contributed by atoms with Gasteiger partial charge in [0.1, 0.15) is 0 Å². The van der Waals surface area contributed by atoms with E-state index in [-0.39, 0.29) is 0 Å². The van der Waals surface area contributed by atoms with Gasteiger partial charge in [0.25, 0.3) is 0 Å². The molecular weight excluding hydrogens is 278 g/mol. The van der Waals surface area contributed by atoms with E-state index in [1.165, 1.54) is 28.4 Å². The van der Waals surface area contributed by atoms with E-state index >= 15 is 0 Å². The molecule has 3 rings (SSSR count). The molecule has 90 valence electrons. The number of guanidine groups is 1. The van der Waals surface area contributed by atoms with Crippen LogP contribution in [0.25, 0.3) is 0 Å². The fraction of sp³-hybridized carbons (Fsp3) is 0.462. The van der Waals surface area contributed by atoms with Crippen molar-refractivity contribution >= 4 is 21.9 Å². The van der Waals surface area contributed by atoms with Crippen molar-refractivity contribution in [2.24, 2.45) is 4.99 Å². The summed E-state index contributed by atoms with van der Waals surface area (Å²) >= 11 is 3.64. The average Bonchev–Trinajstić information content (AvgIpc) is 2.83. The molecule has 3 nitrogen and oxygen atoms in total. The lowest BCUT2D eigenvalue weighted by molar-refractivity contribution is 0.568. The second-order valence-corrected chi connectivity index (χ2v) is 5.40. The Balaban J connectivity index is 1.94. The lowest BCUT2D eigenvalue weighted by Gasteiger charge is -2.23. The van der Waals surface area contributed by atoms with Gasteiger partial charge in [-0.15, -0.1) is 0 Å². The largest absolute Gasteiger partial charge is 0.355 e. The van der Waals surface area contributed by atoms with Gasteiger partial charge >= 0.3 is 0 Å². The van der Waals surface area contributed by atoms with Gasteiger partial charge in [0.2, 0.25) is 0 Å². The Bertz CT molecular complexity index is 448. The number of rotatable bonds is 1.